The summed E-state index contributed by atoms with van der Waals surface area (Å²) in [6, 6.07) is 0.367. The van der Waals surface area contributed by atoms with E-state index in [0.717, 1.165) is 31.3 Å². The molecule has 0 radical (unpaired) electrons. The van der Waals surface area contributed by atoms with Crippen molar-refractivity contribution in [1.29, 1.82) is 0 Å². The third kappa shape index (κ3) is 6.02. The molecule has 0 saturated heterocycles. The molecule has 146 valence electrons. The van der Waals surface area contributed by atoms with Crippen LogP contribution in [0.25, 0.3) is 0 Å². The Labute approximate surface area is 159 Å². The number of aliphatic imine (C=N–C) groups is 1. The first-order chi connectivity index (χ1) is 12.3. The van der Waals surface area contributed by atoms with Gasteiger partial charge in [-0.25, -0.2) is 0 Å². The number of nitrogens with one attached hydrogen (secondary N) is 2. The molecule has 1 atom stereocenters. The maximum absolute atomic E-state index is 4.47. The normalized spacial score (nSPS) is 13.2. The number of hydrogen-bond donors (Lipinski definition) is 2. The first-order valence-electron chi connectivity index (χ1n) is 9.25. The molecule has 6 nitrogen and oxygen atoms in total. The van der Waals surface area contributed by atoms with Crippen molar-refractivity contribution in [2.75, 3.05) is 26.7 Å². The lowest BCUT2D eigenvalue weighted by Crippen LogP contribution is -2.49. The van der Waals surface area contributed by atoms with Crippen molar-refractivity contribution in [3.8, 4) is 0 Å². The fourth-order valence-corrected chi connectivity index (χ4v) is 3.13. The van der Waals surface area contributed by atoms with E-state index >= 15 is 0 Å². The van der Waals surface area contributed by atoms with Crippen molar-refractivity contribution in [2.45, 2.75) is 40.3 Å². The van der Waals surface area contributed by atoms with Gasteiger partial charge in [-0.05, 0) is 19.8 Å². The summed E-state index contributed by atoms with van der Waals surface area (Å²) in [7, 11) is 3.77. The van der Waals surface area contributed by atoms with Crippen LogP contribution in [-0.4, -0.2) is 53.4 Å². The number of aromatic nitrogens is 2. The minimum absolute atomic E-state index is 0.367. The van der Waals surface area contributed by atoms with Crippen LogP contribution in [0.3, 0.4) is 0 Å². The number of nitrogens with zero attached hydrogens (tertiary/aromatic N) is 4. The van der Waals surface area contributed by atoms with Crippen LogP contribution in [0, 0.1) is 19.8 Å². The van der Waals surface area contributed by atoms with Gasteiger partial charge in [-0.15, -0.1) is 13.2 Å². The van der Waals surface area contributed by atoms with Crippen molar-refractivity contribution in [3.05, 3.63) is 42.3 Å². The van der Waals surface area contributed by atoms with E-state index < -0.39 is 0 Å². The fraction of sp³-hybridized carbons (Fsp3) is 0.600. The summed E-state index contributed by atoms with van der Waals surface area (Å²) in [5.41, 5.74) is 3.45. The lowest BCUT2D eigenvalue weighted by Gasteiger charge is -2.33. The first-order valence-corrected chi connectivity index (χ1v) is 9.25. The van der Waals surface area contributed by atoms with Crippen LogP contribution in [-0.2, 0) is 13.6 Å². The average Bonchev–Trinajstić information content (AvgIpc) is 2.83. The summed E-state index contributed by atoms with van der Waals surface area (Å²) in [4.78, 5) is 6.74. The highest BCUT2D eigenvalue weighted by atomic mass is 15.3. The van der Waals surface area contributed by atoms with Gasteiger partial charge in [-0.1, -0.05) is 26.0 Å². The molecular weight excluding hydrogens is 324 g/mol. The molecule has 0 aliphatic rings. The first kappa shape index (κ1) is 22.0. The lowest BCUT2D eigenvalue weighted by molar-refractivity contribution is 0.190. The second kappa shape index (κ2) is 10.8. The lowest BCUT2D eigenvalue weighted by atomic mass is 10.0. The highest BCUT2D eigenvalue weighted by molar-refractivity contribution is 5.79. The zero-order valence-electron chi connectivity index (χ0n) is 17.3. The Balaban J connectivity index is 2.70. The molecule has 0 bridgehead atoms. The van der Waals surface area contributed by atoms with Gasteiger partial charge in [-0.3, -0.25) is 14.6 Å². The third-order valence-electron chi connectivity index (χ3n) is 4.76. The molecule has 6 heteroatoms. The Morgan fingerprint density at radius 2 is 1.85 bits per heavy atom. The molecule has 0 spiro atoms. The topological polar surface area (TPSA) is 57.5 Å². The zero-order chi connectivity index (χ0) is 19.7. The standard InChI is InChI=1S/C20H36N6/c1-9-11-26(12-10-2)19(15(3)4)14-23-20(21-7)22-13-18-16(5)24-25(8)17(18)6/h9-10,15,19H,1-2,11-14H2,3-8H3,(H2,21,22,23). The summed E-state index contributed by atoms with van der Waals surface area (Å²) < 4.78 is 1.92. The van der Waals surface area contributed by atoms with Crippen LogP contribution >= 0.6 is 0 Å². The van der Waals surface area contributed by atoms with Crippen molar-refractivity contribution >= 4 is 5.96 Å². The Morgan fingerprint density at radius 3 is 2.27 bits per heavy atom. The van der Waals surface area contributed by atoms with Crippen LogP contribution in [0.1, 0.15) is 30.8 Å². The van der Waals surface area contributed by atoms with Gasteiger partial charge >= 0.3 is 0 Å². The van der Waals surface area contributed by atoms with Crippen molar-refractivity contribution < 1.29 is 0 Å². The fourth-order valence-electron chi connectivity index (χ4n) is 3.13. The predicted molar refractivity (Wildman–Crippen MR) is 111 cm³/mol. The quantitative estimate of drug-likeness (QED) is 0.382. The van der Waals surface area contributed by atoms with Gasteiger partial charge in [0.1, 0.15) is 0 Å². The number of aryl methyl sites for hydroxylation is 2. The van der Waals surface area contributed by atoms with E-state index in [0.29, 0.717) is 18.5 Å². The molecule has 1 aromatic heterocycles. The molecule has 1 unspecified atom stereocenters. The van der Waals surface area contributed by atoms with Gasteiger partial charge in [0, 0.05) is 57.6 Å². The predicted octanol–water partition coefficient (Wildman–Crippen LogP) is 2.40. The molecule has 0 aliphatic heterocycles. The minimum atomic E-state index is 0.367. The molecule has 0 amide bonds. The van der Waals surface area contributed by atoms with E-state index in [2.05, 4.69) is 59.6 Å². The van der Waals surface area contributed by atoms with Crippen molar-refractivity contribution in [1.82, 2.24) is 25.3 Å². The summed E-state index contributed by atoms with van der Waals surface area (Å²) in [5.74, 6) is 1.30. The zero-order valence-corrected chi connectivity index (χ0v) is 17.3. The number of guanidine groups is 1. The maximum atomic E-state index is 4.47. The Bertz CT molecular complexity index is 604. The summed E-state index contributed by atoms with van der Waals surface area (Å²) >= 11 is 0. The summed E-state index contributed by atoms with van der Waals surface area (Å²) in [6.07, 6.45) is 3.89. The molecule has 1 heterocycles. The smallest absolute Gasteiger partial charge is 0.191 e. The van der Waals surface area contributed by atoms with E-state index in [1.165, 1.54) is 11.3 Å². The van der Waals surface area contributed by atoms with Crippen molar-refractivity contribution in [3.63, 3.8) is 0 Å². The van der Waals surface area contributed by atoms with E-state index in [4.69, 9.17) is 0 Å². The van der Waals surface area contributed by atoms with Gasteiger partial charge in [-0.2, -0.15) is 5.10 Å². The van der Waals surface area contributed by atoms with Gasteiger partial charge in [0.05, 0.1) is 5.69 Å². The Morgan fingerprint density at radius 1 is 1.23 bits per heavy atom. The molecule has 26 heavy (non-hydrogen) atoms. The molecular formula is C20H36N6. The van der Waals surface area contributed by atoms with Gasteiger partial charge in [0.15, 0.2) is 5.96 Å². The molecule has 1 rings (SSSR count). The highest BCUT2D eigenvalue weighted by Crippen LogP contribution is 2.12. The van der Waals surface area contributed by atoms with Crippen molar-refractivity contribution in [2.24, 2.45) is 18.0 Å². The molecule has 0 saturated carbocycles. The maximum Gasteiger partial charge on any atom is 0.191 e. The Kier molecular flexibility index (Phi) is 9.13. The van der Waals surface area contributed by atoms with Crippen LogP contribution in [0.15, 0.2) is 30.3 Å². The molecule has 0 fully saturated rings. The van der Waals surface area contributed by atoms with Crippen LogP contribution in [0.2, 0.25) is 0 Å². The van der Waals surface area contributed by atoms with E-state index in [-0.39, 0.29) is 0 Å². The third-order valence-corrected chi connectivity index (χ3v) is 4.76. The van der Waals surface area contributed by atoms with Crippen LogP contribution < -0.4 is 10.6 Å². The molecule has 0 aliphatic carbocycles. The largest absolute Gasteiger partial charge is 0.355 e. The average molecular weight is 361 g/mol. The minimum Gasteiger partial charge on any atom is -0.355 e. The summed E-state index contributed by atoms with van der Waals surface area (Å²) in [6.45, 7) is 19.6. The van der Waals surface area contributed by atoms with Gasteiger partial charge < -0.3 is 10.6 Å². The Hall–Kier alpha value is -2.08. The molecule has 1 aromatic rings. The van der Waals surface area contributed by atoms with Gasteiger partial charge in [0.2, 0.25) is 0 Å². The monoisotopic (exact) mass is 360 g/mol. The summed E-state index contributed by atoms with van der Waals surface area (Å²) in [5, 5.41) is 11.3. The van der Waals surface area contributed by atoms with E-state index in [9.17, 15) is 0 Å². The van der Waals surface area contributed by atoms with Gasteiger partial charge in [0.25, 0.3) is 0 Å². The van der Waals surface area contributed by atoms with E-state index in [1.807, 2.05) is 30.8 Å². The van der Waals surface area contributed by atoms with Crippen LogP contribution in [0.5, 0.6) is 0 Å². The second-order valence-electron chi connectivity index (χ2n) is 6.92. The number of hydrogen-bond acceptors (Lipinski definition) is 3. The van der Waals surface area contributed by atoms with Crippen LogP contribution in [0.4, 0.5) is 0 Å². The molecule has 2 N–H and O–H groups in total. The molecule has 0 aromatic carbocycles. The second-order valence-corrected chi connectivity index (χ2v) is 6.92. The SMILES string of the molecule is C=CCN(CC=C)C(CNC(=NC)NCc1c(C)nn(C)c1C)C(C)C. The van der Waals surface area contributed by atoms with E-state index in [1.54, 1.807) is 7.05 Å². The number of rotatable bonds is 10. The highest BCUT2D eigenvalue weighted by Gasteiger charge is 2.20.